The molecule has 3 atom stereocenters. The summed E-state index contributed by atoms with van der Waals surface area (Å²) in [6.07, 6.45) is 10.8. The monoisotopic (exact) mass is 263 g/mol. The quantitative estimate of drug-likeness (QED) is 0.880. The molecule has 3 heteroatoms. The van der Waals surface area contributed by atoms with Gasteiger partial charge in [-0.25, -0.2) is 4.98 Å². The van der Waals surface area contributed by atoms with Crippen LogP contribution in [-0.2, 0) is 0 Å². The first-order chi connectivity index (χ1) is 9.17. The number of aromatic nitrogens is 2. The number of imidazole rings is 1. The molecule has 2 rings (SSSR count). The lowest BCUT2D eigenvalue weighted by Gasteiger charge is -2.32. The Kier molecular flexibility index (Phi) is 5.03. The lowest BCUT2D eigenvalue weighted by Crippen LogP contribution is -2.25. The molecule has 3 nitrogen and oxygen atoms in total. The van der Waals surface area contributed by atoms with Gasteiger partial charge in [0.15, 0.2) is 0 Å². The second-order valence-electron chi connectivity index (χ2n) is 6.41. The molecule has 0 radical (unpaired) electrons. The summed E-state index contributed by atoms with van der Waals surface area (Å²) in [5.74, 6) is 1.90. The van der Waals surface area contributed by atoms with Gasteiger partial charge in [-0.05, 0) is 24.7 Å². The Morgan fingerprint density at radius 3 is 2.84 bits per heavy atom. The van der Waals surface area contributed by atoms with E-state index in [1.165, 1.54) is 37.8 Å². The van der Waals surface area contributed by atoms with Gasteiger partial charge >= 0.3 is 0 Å². The maximum atomic E-state index is 5.98. The summed E-state index contributed by atoms with van der Waals surface area (Å²) in [5, 5.41) is 0. The zero-order chi connectivity index (χ0) is 13.8. The second kappa shape index (κ2) is 6.56. The van der Waals surface area contributed by atoms with Gasteiger partial charge in [-0.2, -0.15) is 0 Å². The number of hydrogen-bond donors (Lipinski definition) is 1. The molecular formula is C16H29N3. The summed E-state index contributed by atoms with van der Waals surface area (Å²) in [5.41, 5.74) is 7.32. The number of rotatable bonds is 5. The molecule has 0 amide bonds. The van der Waals surface area contributed by atoms with E-state index in [9.17, 15) is 0 Å². The van der Waals surface area contributed by atoms with Crippen molar-refractivity contribution in [1.82, 2.24) is 9.55 Å². The molecule has 1 fully saturated rings. The SMILES string of the molecule is CCC1CCCC(n2cncc2C(CN)C(C)C)C1. The number of nitrogens with two attached hydrogens (primary N) is 1. The van der Waals surface area contributed by atoms with Gasteiger partial charge in [0.1, 0.15) is 0 Å². The molecule has 1 saturated carbocycles. The van der Waals surface area contributed by atoms with E-state index >= 15 is 0 Å². The van der Waals surface area contributed by atoms with E-state index in [0.717, 1.165) is 5.92 Å². The van der Waals surface area contributed by atoms with E-state index < -0.39 is 0 Å². The number of nitrogens with zero attached hydrogens (tertiary/aromatic N) is 2. The van der Waals surface area contributed by atoms with Crippen LogP contribution >= 0.6 is 0 Å². The first-order valence-electron chi connectivity index (χ1n) is 7.89. The predicted molar refractivity (Wildman–Crippen MR) is 80.1 cm³/mol. The molecule has 0 saturated heterocycles. The van der Waals surface area contributed by atoms with E-state index in [0.29, 0.717) is 24.4 Å². The average molecular weight is 263 g/mol. The summed E-state index contributed by atoms with van der Waals surface area (Å²) in [7, 11) is 0. The molecule has 1 aliphatic carbocycles. The highest BCUT2D eigenvalue weighted by Gasteiger charge is 2.26. The van der Waals surface area contributed by atoms with Gasteiger partial charge in [0.25, 0.3) is 0 Å². The Balaban J connectivity index is 2.18. The van der Waals surface area contributed by atoms with Crippen molar-refractivity contribution in [1.29, 1.82) is 0 Å². The van der Waals surface area contributed by atoms with Gasteiger partial charge in [0.2, 0.25) is 0 Å². The van der Waals surface area contributed by atoms with Crippen LogP contribution in [0.3, 0.4) is 0 Å². The Morgan fingerprint density at radius 1 is 1.42 bits per heavy atom. The fourth-order valence-electron chi connectivity index (χ4n) is 3.53. The highest BCUT2D eigenvalue weighted by Crippen LogP contribution is 2.36. The third-order valence-electron chi connectivity index (χ3n) is 4.86. The van der Waals surface area contributed by atoms with Crippen LogP contribution in [0.25, 0.3) is 0 Å². The molecule has 0 aliphatic heterocycles. The van der Waals surface area contributed by atoms with Crippen molar-refractivity contribution < 1.29 is 0 Å². The molecule has 0 bridgehead atoms. The van der Waals surface area contributed by atoms with Gasteiger partial charge in [-0.3, -0.25) is 0 Å². The van der Waals surface area contributed by atoms with Crippen LogP contribution in [0.5, 0.6) is 0 Å². The summed E-state index contributed by atoms with van der Waals surface area (Å²) in [6.45, 7) is 7.54. The van der Waals surface area contributed by atoms with Crippen LogP contribution < -0.4 is 5.73 Å². The van der Waals surface area contributed by atoms with Crippen molar-refractivity contribution in [3.63, 3.8) is 0 Å². The van der Waals surface area contributed by atoms with Gasteiger partial charge in [0.05, 0.1) is 6.33 Å². The molecule has 0 spiro atoms. The molecule has 3 unspecified atom stereocenters. The van der Waals surface area contributed by atoms with Crippen molar-refractivity contribution in [3.05, 3.63) is 18.2 Å². The van der Waals surface area contributed by atoms with Crippen LogP contribution in [0, 0.1) is 11.8 Å². The molecule has 1 aromatic rings. The third-order valence-corrected chi connectivity index (χ3v) is 4.86. The Bertz CT molecular complexity index is 383. The van der Waals surface area contributed by atoms with Crippen LogP contribution in [0.4, 0.5) is 0 Å². The van der Waals surface area contributed by atoms with Crippen LogP contribution in [0.1, 0.15) is 70.5 Å². The minimum absolute atomic E-state index is 0.435. The fourth-order valence-corrected chi connectivity index (χ4v) is 3.53. The van der Waals surface area contributed by atoms with Gasteiger partial charge in [0, 0.05) is 30.4 Å². The molecule has 0 aromatic carbocycles. The summed E-state index contributed by atoms with van der Waals surface area (Å²) >= 11 is 0. The van der Waals surface area contributed by atoms with Crippen molar-refractivity contribution >= 4 is 0 Å². The molecule has 108 valence electrons. The highest BCUT2D eigenvalue weighted by atomic mass is 15.1. The normalized spacial score (nSPS) is 25.7. The van der Waals surface area contributed by atoms with Crippen molar-refractivity contribution in [2.45, 2.75) is 64.8 Å². The van der Waals surface area contributed by atoms with Crippen LogP contribution in [0.15, 0.2) is 12.5 Å². The zero-order valence-corrected chi connectivity index (χ0v) is 12.7. The average Bonchev–Trinajstić information content (AvgIpc) is 2.88. The van der Waals surface area contributed by atoms with Crippen molar-refractivity contribution in [3.8, 4) is 0 Å². The minimum atomic E-state index is 0.435. The first kappa shape index (κ1) is 14.6. The maximum absolute atomic E-state index is 5.98. The fraction of sp³-hybridized carbons (Fsp3) is 0.812. The topological polar surface area (TPSA) is 43.8 Å². The lowest BCUT2D eigenvalue weighted by atomic mass is 9.83. The summed E-state index contributed by atoms with van der Waals surface area (Å²) < 4.78 is 2.43. The summed E-state index contributed by atoms with van der Waals surface area (Å²) in [4.78, 5) is 4.41. The highest BCUT2D eigenvalue weighted by molar-refractivity contribution is 5.10. The Morgan fingerprint density at radius 2 is 2.21 bits per heavy atom. The molecule has 1 heterocycles. The van der Waals surface area contributed by atoms with E-state index in [1.54, 1.807) is 0 Å². The van der Waals surface area contributed by atoms with Gasteiger partial charge in [-0.15, -0.1) is 0 Å². The summed E-state index contributed by atoms with van der Waals surface area (Å²) in [6, 6.07) is 0.643. The third kappa shape index (κ3) is 3.19. The Labute approximate surface area is 117 Å². The lowest BCUT2D eigenvalue weighted by molar-refractivity contribution is 0.254. The number of hydrogen-bond acceptors (Lipinski definition) is 2. The van der Waals surface area contributed by atoms with E-state index in [2.05, 4.69) is 30.3 Å². The Hall–Kier alpha value is -0.830. The molecule has 2 N–H and O–H groups in total. The van der Waals surface area contributed by atoms with Crippen LogP contribution in [0.2, 0.25) is 0 Å². The smallest absolute Gasteiger partial charge is 0.0950 e. The molecule has 1 aliphatic rings. The van der Waals surface area contributed by atoms with Crippen LogP contribution in [-0.4, -0.2) is 16.1 Å². The first-order valence-corrected chi connectivity index (χ1v) is 7.89. The van der Waals surface area contributed by atoms with Crippen molar-refractivity contribution in [2.75, 3.05) is 6.54 Å². The minimum Gasteiger partial charge on any atom is -0.331 e. The van der Waals surface area contributed by atoms with E-state index in [4.69, 9.17) is 5.73 Å². The van der Waals surface area contributed by atoms with E-state index in [-0.39, 0.29) is 0 Å². The second-order valence-corrected chi connectivity index (χ2v) is 6.41. The standard InChI is InChI=1S/C16H29N3/c1-4-13-6-5-7-14(8-13)19-11-18-10-16(19)15(9-17)12(2)3/h10-15H,4-9,17H2,1-3H3. The molecule has 1 aromatic heterocycles. The van der Waals surface area contributed by atoms with Gasteiger partial charge < -0.3 is 10.3 Å². The predicted octanol–water partition coefficient (Wildman–Crippen LogP) is 3.72. The van der Waals surface area contributed by atoms with E-state index in [1.807, 2.05) is 12.5 Å². The maximum Gasteiger partial charge on any atom is 0.0950 e. The van der Waals surface area contributed by atoms with Crippen molar-refractivity contribution in [2.24, 2.45) is 17.6 Å². The molecule has 19 heavy (non-hydrogen) atoms. The largest absolute Gasteiger partial charge is 0.331 e. The molecular weight excluding hydrogens is 234 g/mol. The zero-order valence-electron chi connectivity index (χ0n) is 12.7. The van der Waals surface area contributed by atoms with Gasteiger partial charge in [-0.1, -0.05) is 40.0 Å².